The van der Waals surface area contributed by atoms with Crippen LogP contribution in [0, 0.1) is 29.1 Å². The number of nitrogens with two attached hydrogens (primary N) is 1. The SMILES string of the molecule is CC(C)(C)C(OC(N)=O)C1C2CN(C(=O)C(O)(c3ccccc3)C3CCCC3)CC21. The number of carbonyl (C=O) groups excluding carboxylic acids is 2. The van der Waals surface area contributed by atoms with E-state index >= 15 is 0 Å². The predicted octanol–water partition coefficient (Wildman–Crippen LogP) is 3.28. The molecule has 2 saturated carbocycles. The molecule has 0 bridgehead atoms. The van der Waals surface area contributed by atoms with E-state index in [0.29, 0.717) is 30.5 Å². The van der Waals surface area contributed by atoms with E-state index in [1.807, 2.05) is 56.0 Å². The van der Waals surface area contributed by atoms with Crippen molar-refractivity contribution >= 4 is 12.0 Å². The molecule has 3 aliphatic rings. The Balaban J connectivity index is 1.51. The maximum absolute atomic E-state index is 13.6. The highest BCUT2D eigenvalue weighted by molar-refractivity contribution is 5.87. The Morgan fingerprint density at radius 1 is 1.10 bits per heavy atom. The number of hydrogen-bond donors (Lipinski definition) is 2. The third kappa shape index (κ3) is 3.59. The molecule has 1 saturated heterocycles. The number of likely N-dealkylation sites (tertiary alicyclic amines) is 1. The van der Waals surface area contributed by atoms with Gasteiger partial charge in [0.05, 0.1) is 0 Å². The van der Waals surface area contributed by atoms with Crippen LogP contribution in [0.25, 0.3) is 0 Å². The van der Waals surface area contributed by atoms with Crippen molar-refractivity contribution in [1.29, 1.82) is 0 Å². The van der Waals surface area contributed by atoms with Crippen molar-refractivity contribution in [2.75, 3.05) is 13.1 Å². The molecule has 6 nitrogen and oxygen atoms in total. The largest absolute Gasteiger partial charge is 0.446 e. The monoisotopic (exact) mass is 414 g/mol. The molecule has 4 unspecified atom stereocenters. The fourth-order valence-corrected chi connectivity index (χ4v) is 5.96. The van der Waals surface area contributed by atoms with Gasteiger partial charge in [0.1, 0.15) is 6.10 Å². The van der Waals surface area contributed by atoms with Crippen molar-refractivity contribution in [2.45, 2.75) is 58.2 Å². The van der Waals surface area contributed by atoms with Crippen molar-refractivity contribution in [2.24, 2.45) is 34.8 Å². The number of carbonyl (C=O) groups is 2. The molecule has 1 aliphatic heterocycles. The lowest BCUT2D eigenvalue weighted by molar-refractivity contribution is -0.159. The summed E-state index contributed by atoms with van der Waals surface area (Å²) in [6.07, 6.45) is 2.85. The molecule has 0 radical (unpaired) electrons. The summed E-state index contributed by atoms with van der Waals surface area (Å²) in [5.41, 5.74) is 4.34. The highest BCUT2D eigenvalue weighted by Gasteiger charge is 2.64. The van der Waals surface area contributed by atoms with Gasteiger partial charge >= 0.3 is 6.09 Å². The van der Waals surface area contributed by atoms with Crippen molar-refractivity contribution in [3.8, 4) is 0 Å². The maximum Gasteiger partial charge on any atom is 0.404 e. The van der Waals surface area contributed by atoms with Gasteiger partial charge in [-0.1, -0.05) is 63.9 Å². The number of ether oxygens (including phenoxy) is 1. The van der Waals surface area contributed by atoms with E-state index in [2.05, 4.69) is 0 Å². The van der Waals surface area contributed by atoms with Gasteiger partial charge in [0.15, 0.2) is 5.60 Å². The van der Waals surface area contributed by atoms with Gasteiger partial charge in [-0.3, -0.25) is 4.79 Å². The Bertz CT molecular complexity index is 787. The highest BCUT2D eigenvalue weighted by atomic mass is 16.6. The molecule has 0 aromatic heterocycles. The van der Waals surface area contributed by atoms with Crippen LogP contribution >= 0.6 is 0 Å². The topological polar surface area (TPSA) is 92.9 Å². The number of amides is 2. The zero-order valence-corrected chi connectivity index (χ0v) is 18.2. The van der Waals surface area contributed by atoms with Crippen molar-refractivity contribution < 1.29 is 19.4 Å². The number of nitrogens with zero attached hydrogens (tertiary/aromatic N) is 1. The van der Waals surface area contributed by atoms with E-state index in [9.17, 15) is 14.7 Å². The standard InChI is InChI=1S/C24H34N2O4/c1-23(2,3)20(30-22(25)28)19-17-13-26(14-18(17)19)21(27)24(29,16-11-7-8-12-16)15-9-5-4-6-10-15/h4-6,9-10,16-20,29H,7-8,11-14H2,1-3H3,(H2,25,28). The van der Waals surface area contributed by atoms with Crippen molar-refractivity contribution in [3.05, 3.63) is 35.9 Å². The number of primary amides is 1. The Kier molecular flexibility index (Phi) is 5.33. The molecule has 2 amide bonds. The zero-order chi connectivity index (χ0) is 21.7. The molecule has 1 aromatic rings. The first-order valence-electron chi connectivity index (χ1n) is 11.2. The van der Waals surface area contributed by atoms with Gasteiger partial charge in [0.2, 0.25) is 0 Å². The third-order valence-electron chi connectivity index (χ3n) is 7.48. The van der Waals surface area contributed by atoms with Crippen LogP contribution in [-0.2, 0) is 15.1 Å². The Morgan fingerprint density at radius 2 is 1.67 bits per heavy atom. The van der Waals surface area contributed by atoms with Gasteiger partial charge in [-0.15, -0.1) is 0 Å². The Morgan fingerprint density at radius 3 is 2.17 bits per heavy atom. The molecule has 1 heterocycles. The summed E-state index contributed by atoms with van der Waals surface area (Å²) in [7, 11) is 0. The quantitative estimate of drug-likeness (QED) is 0.773. The minimum absolute atomic E-state index is 0.0411. The maximum atomic E-state index is 13.6. The predicted molar refractivity (Wildman–Crippen MR) is 113 cm³/mol. The molecule has 1 aromatic carbocycles. The van der Waals surface area contributed by atoms with Crippen LogP contribution in [-0.4, -0.2) is 41.2 Å². The smallest absolute Gasteiger partial charge is 0.404 e. The van der Waals surface area contributed by atoms with Crippen molar-refractivity contribution in [3.63, 3.8) is 0 Å². The molecule has 3 fully saturated rings. The minimum atomic E-state index is -1.46. The number of piperidine rings is 1. The molecule has 30 heavy (non-hydrogen) atoms. The van der Waals surface area contributed by atoms with E-state index in [0.717, 1.165) is 25.7 Å². The zero-order valence-electron chi connectivity index (χ0n) is 18.2. The van der Waals surface area contributed by atoms with Crippen LogP contribution in [0.5, 0.6) is 0 Å². The Hall–Kier alpha value is -2.08. The normalized spacial score (nSPS) is 29.2. The summed E-state index contributed by atoms with van der Waals surface area (Å²) < 4.78 is 5.47. The number of rotatable bonds is 5. The van der Waals surface area contributed by atoms with E-state index in [1.165, 1.54) is 0 Å². The second kappa shape index (κ2) is 7.56. The van der Waals surface area contributed by atoms with E-state index in [1.54, 1.807) is 0 Å². The van der Waals surface area contributed by atoms with Gasteiger partial charge < -0.3 is 20.5 Å². The summed E-state index contributed by atoms with van der Waals surface area (Å²) in [4.78, 5) is 26.9. The van der Waals surface area contributed by atoms with Crippen LogP contribution < -0.4 is 5.73 Å². The molecule has 164 valence electrons. The van der Waals surface area contributed by atoms with Crippen LogP contribution in [0.3, 0.4) is 0 Å². The van der Waals surface area contributed by atoms with Gasteiger partial charge in [0.25, 0.3) is 5.91 Å². The van der Waals surface area contributed by atoms with Gasteiger partial charge in [-0.2, -0.15) is 0 Å². The average Bonchev–Trinajstić information content (AvgIpc) is 3.12. The number of benzene rings is 1. The molecular formula is C24H34N2O4. The van der Waals surface area contributed by atoms with Gasteiger partial charge in [0, 0.05) is 24.9 Å². The first-order chi connectivity index (χ1) is 14.1. The van der Waals surface area contributed by atoms with Crippen molar-refractivity contribution in [1.82, 2.24) is 4.90 Å². The number of aliphatic hydroxyl groups is 1. The molecule has 4 rings (SSSR count). The highest BCUT2D eigenvalue weighted by Crippen LogP contribution is 2.58. The molecule has 3 N–H and O–H groups in total. The first-order valence-corrected chi connectivity index (χ1v) is 11.2. The second-order valence-electron chi connectivity index (χ2n) is 10.5. The summed E-state index contributed by atoms with van der Waals surface area (Å²) in [6, 6.07) is 9.41. The van der Waals surface area contributed by atoms with Crippen LogP contribution in [0.4, 0.5) is 4.79 Å². The van der Waals surface area contributed by atoms with Crippen LogP contribution in [0.15, 0.2) is 30.3 Å². The Labute approximate surface area is 178 Å². The first kappa shape index (κ1) is 21.2. The number of fused-ring (bicyclic) bond motifs is 1. The van der Waals surface area contributed by atoms with E-state index < -0.39 is 11.7 Å². The van der Waals surface area contributed by atoms with Crippen LogP contribution in [0.2, 0.25) is 0 Å². The lowest BCUT2D eigenvalue weighted by atomic mass is 9.78. The molecular weight excluding hydrogens is 380 g/mol. The molecule has 4 atom stereocenters. The minimum Gasteiger partial charge on any atom is -0.446 e. The summed E-state index contributed by atoms with van der Waals surface area (Å²) >= 11 is 0. The summed E-state index contributed by atoms with van der Waals surface area (Å²) in [5, 5.41) is 11.8. The van der Waals surface area contributed by atoms with Gasteiger partial charge in [-0.25, -0.2) is 4.79 Å². The third-order valence-corrected chi connectivity index (χ3v) is 7.48. The van der Waals surface area contributed by atoms with E-state index in [-0.39, 0.29) is 29.3 Å². The summed E-state index contributed by atoms with van der Waals surface area (Å²) in [5.74, 6) is 0.593. The summed E-state index contributed by atoms with van der Waals surface area (Å²) in [6.45, 7) is 7.35. The average molecular weight is 415 g/mol. The van der Waals surface area contributed by atoms with E-state index in [4.69, 9.17) is 10.5 Å². The van der Waals surface area contributed by atoms with Crippen LogP contribution in [0.1, 0.15) is 52.0 Å². The van der Waals surface area contributed by atoms with Gasteiger partial charge in [-0.05, 0) is 35.7 Å². The lowest BCUT2D eigenvalue weighted by Crippen LogP contribution is -2.51. The molecule has 2 aliphatic carbocycles. The number of hydrogen-bond acceptors (Lipinski definition) is 4. The second-order valence-corrected chi connectivity index (χ2v) is 10.5. The lowest BCUT2D eigenvalue weighted by Gasteiger charge is -2.38. The molecule has 6 heteroatoms. The fraction of sp³-hybridized carbons (Fsp3) is 0.667. The fourth-order valence-electron chi connectivity index (χ4n) is 5.96. The molecule has 0 spiro atoms.